The van der Waals surface area contributed by atoms with Gasteiger partial charge in [0.2, 0.25) is 17.6 Å². The largest absolute Gasteiger partial charge is 0.459 e. The van der Waals surface area contributed by atoms with Gasteiger partial charge in [-0.1, -0.05) is 5.16 Å². The fourth-order valence-corrected chi connectivity index (χ4v) is 2.16. The van der Waals surface area contributed by atoms with E-state index in [-0.39, 0.29) is 24.0 Å². The van der Waals surface area contributed by atoms with E-state index in [1.807, 2.05) is 0 Å². The van der Waals surface area contributed by atoms with E-state index in [1.165, 1.54) is 6.26 Å². The summed E-state index contributed by atoms with van der Waals surface area (Å²) >= 11 is 0. The molecule has 9 nitrogen and oxygen atoms in total. The van der Waals surface area contributed by atoms with Crippen molar-refractivity contribution in [2.24, 2.45) is 0 Å². The molecule has 2 N–H and O–H groups in total. The van der Waals surface area contributed by atoms with Crippen LogP contribution < -0.4 is 10.6 Å². The molecule has 0 fully saturated rings. The second-order valence-electron chi connectivity index (χ2n) is 5.33. The molecule has 3 heterocycles. The summed E-state index contributed by atoms with van der Waals surface area (Å²) in [4.78, 5) is 31.6. The number of rotatable bonds is 8. The lowest BCUT2D eigenvalue weighted by molar-refractivity contribution is -0.121. The first-order valence-electron chi connectivity index (χ1n) is 8.04. The molecule has 0 aromatic carbocycles. The Morgan fingerprint density at radius 1 is 1.08 bits per heavy atom. The van der Waals surface area contributed by atoms with Gasteiger partial charge in [0.1, 0.15) is 0 Å². The fraction of sp³-hybridized carbons (Fsp3) is 0.235. The van der Waals surface area contributed by atoms with E-state index in [0.717, 1.165) is 5.56 Å². The van der Waals surface area contributed by atoms with E-state index >= 15 is 0 Å². The molecule has 0 aliphatic heterocycles. The normalized spacial score (nSPS) is 10.5. The van der Waals surface area contributed by atoms with Gasteiger partial charge in [-0.2, -0.15) is 4.98 Å². The summed E-state index contributed by atoms with van der Waals surface area (Å²) in [5, 5.41) is 9.23. The van der Waals surface area contributed by atoms with Crippen LogP contribution in [0.1, 0.15) is 22.9 Å². The molecule has 3 aromatic rings. The van der Waals surface area contributed by atoms with Crippen LogP contribution in [-0.2, 0) is 11.2 Å². The van der Waals surface area contributed by atoms with E-state index in [9.17, 15) is 9.59 Å². The number of nitrogens with zero attached hydrogens (tertiary/aromatic N) is 3. The Labute approximate surface area is 148 Å². The van der Waals surface area contributed by atoms with Gasteiger partial charge in [0.05, 0.1) is 6.26 Å². The first-order valence-corrected chi connectivity index (χ1v) is 8.04. The number of nitrogens with one attached hydrogen (secondary N) is 2. The van der Waals surface area contributed by atoms with Crippen LogP contribution in [0.15, 0.2) is 51.9 Å². The van der Waals surface area contributed by atoms with Crippen molar-refractivity contribution in [3.05, 3.63) is 54.6 Å². The first kappa shape index (κ1) is 17.3. The molecular weight excluding hydrogens is 338 g/mol. The van der Waals surface area contributed by atoms with Crippen molar-refractivity contribution in [1.82, 2.24) is 25.8 Å². The van der Waals surface area contributed by atoms with Gasteiger partial charge < -0.3 is 19.6 Å². The standard InChI is InChI=1S/C17H17N5O4/c23-14(19-9-10-20-17(24)13-2-1-11-25-13)3-4-15-21-16(22-26-15)12-5-7-18-8-6-12/h1-2,5-8,11H,3-4,9-10H2,(H,19,23)(H,20,24). The minimum Gasteiger partial charge on any atom is -0.459 e. The molecule has 0 saturated heterocycles. The number of hydrogen-bond acceptors (Lipinski definition) is 7. The first-order chi connectivity index (χ1) is 12.7. The van der Waals surface area contributed by atoms with Crippen LogP contribution in [0.2, 0.25) is 0 Å². The highest BCUT2D eigenvalue weighted by molar-refractivity contribution is 5.91. The summed E-state index contributed by atoms with van der Waals surface area (Å²) in [7, 11) is 0. The van der Waals surface area contributed by atoms with Crippen molar-refractivity contribution in [2.45, 2.75) is 12.8 Å². The van der Waals surface area contributed by atoms with E-state index in [0.29, 0.717) is 31.2 Å². The minimum atomic E-state index is -0.321. The third-order valence-electron chi connectivity index (χ3n) is 3.45. The summed E-state index contributed by atoms with van der Waals surface area (Å²) in [5.41, 5.74) is 0.798. The number of amides is 2. The molecule has 2 amide bonds. The highest BCUT2D eigenvalue weighted by atomic mass is 16.5. The lowest BCUT2D eigenvalue weighted by Gasteiger charge is -2.05. The molecule has 3 rings (SSSR count). The van der Waals surface area contributed by atoms with Crippen LogP contribution >= 0.6 is 0 Å². The fourth-order valence-electron chi connectivity index (χ4n) is 2.16. The van der Waals surface area contributed by atoms with Crippen LogP contribution in [0.4, 0.5) is 0 Å². The number of hydrogen-bond donors (Lipinski definition) is 2. The number of furan rings is 1. The predicted octanol–water partition coefficient (Wildman–Crippen LogP) is 1.20. The van der Waals surface area contributed by atoms with Crippen LogP contribution in [0.3, 0.4) is 0 Å². The highest BCUT2D eigenvalue weighted by Crippen LogP contribution is 2.14. The Balaban J connectivity index is 1.35. The second-order valence-corrected chi connectivity index (χ2v) is 5.33. The SMILES string of the molecule is O=C(CCc1nc(-c2ccncc2)no1)NCCNC(=O)c1ccco1. The zero-order valence-corrected chi connectivity index (χ0v) is 13.8. The summed E-state index contributed by atoms with van der Waals surface area (Å²) in [6, 6.07) is 6.75. The van der Waals surface area contributed by atoms with Crippen molar-refractivity contribution >= 4 is 11.8 Å². The molecule has 26 heavy (non-hydrogen) atoms. The third kappa shape index (κ3) is 4.76. The molecule has 3 aromatic heterocycles. The van der Waals surface area contributed by atoms with E-state index in [1.54, 1.807) is 36.7 Å². The smallest absolute Gasteiger partial charge is 0.287 e. The summed E-state index contributed by atoms with van der Waals surface area (Å²) in [6.07, 6.45) is 5.26. The van der Waals surface area contributed by atoms with Crippen molar-refractivity contribution in [2.75, 3.05) is 13.1 Å². The Kier molecular flexibility index (Phi) is 5.71. The Hall–Kier alpha value is -3.49. The lowest BCUT2D eigenvalue weighted by Crippen LogP contribution is -2.34. The lowest BCUT2D eigenvalue weighted by atomic mass is 10.2. The summed E-state index contributed by atoms with van der Waals surface area (Å²) < 4.78 is 10.1. The average Bonchev–Trinajstić information content (AvgIpc) is 3.36. The Morgan fingerprint density at radius 2 is 1.88 bits per heavy atom. The number of pyridine rings is 1. The van der Waals surface area contributed by atoms with Crippen molar-refractivity contribution < 1.29 is 18.5 Å². The van der Waals surface area contributed by atoms with Crippen LogP contribution in [-0.4, -0.2) is 40.0 Å². The average molecular weight is 355 g/mol. The van der Waals surface area contributed by atoms with Gasteiger partial charge in [-0.05, 0) is 24.3 Å². The number of aromatic nitrogens is 3. The quantitative estimate of drug-likeness (QED) is 0.582. The molecule has 0 radical (unpaired) electrons. The molecule has 0 atom stereocenters. The van der Waals surface area contributed by atoms with Crippen LogP contribution in [0.5, 0.6) is 0 Å². The Morgan fingerprint density at radius 3 is 2.65 bits per heavy atom. The topological polar surface area (TPSA) is 123 Å². The molecule has 134 valence electrons. The molecule has 9 heteroatoms. The Bertz CT molecular complexity index is 845. The number of carbonyl (C=O) groups is 2. The minimum absolute atomic E-state index is 0.166. The van der Waals surface area contributed by atoms with E-state index in [4.69, 9.17) is 8.94 Å². The van der Waals surface area contributed by atoms with E-state index in [2.05, 4.69) is 25.8 Å². The third-order valence-corrected chi connectivity index (χ3v) is 3.45. The van der Waals surface area contributed by atoms with Gasteiger partial charge in [0.15, 0.2) is 5.76 Å². The summed E-state index contributed by atoms with van der Waals surface area (Å²) in [5.74, 6) is 0.596. The van der Waals surface area contributed by atoms with Gasteiger partial charge in [0.25, 0.3) is 5.91 Å². The maximum atomic E-state index is 11.8. The van der Waals surface area contributed by atoms with Crippen LogP contribution in [0.25, 0.3) is 11.4 Å². The predicted molar refractivity (Wildman–Crippen MR) is 89.9 cm³/mol. The van der Waals surface area contributed by atoms with Gasteiger partial charge in [0, 0.05) is 43.9 Å². The monoisotopic (exact) mass is 355 g/mol. The maximum Gasteiger partial charge on any atom is 0.287 e. The molecule has 0 spiro atoms. The number of aryl methyl sites for hydroxylation is 1. The molecular formula is C17H17N5O4. The molecule has 0 aliphatic rings. The zero-order chi connectivity index (χ0) is 18.2. The number of carbonyl (C=O) groups excluding carboxylic acids is 2. The van der Waals surface area contributed by atoms with Gasteiger partial charge in [-0.3, -0.25) is 14.6 Å². The van der Waals surface area contributed by atoms with E-state index < -0.39 is 0 Å². The maximum absolute atomic E-state index is 11.8. The van der Waals surface area contributed by atoms with Crippen molar-refractivity contribution in [3.8, 4) is 11.4 Å². The molecule has 0 aliphatic carbocycles. The summed E-state index contributed by atoms with van der Waals surface area (Å²) in [6.45, 7) is 0.620. The van der Waals surface area contributed by atoms with Gasteiger partial charge in [-0.25, -0.2) is 0 Å². The van der Waals surface area contributed by atoms with Crippen molar-refractivity contribution in [3.63, 3.8) is 0 Å². The molecule has 0 bridgehead atoms. The molecule has 0 saturated carbocycles. The highest BCUT2D eigenvalue weighted by Gasteiger charge is 2.11. The second kappa shape index (κ2) is 8.56. The van der Waals surface area contributed by atoms with Crippen molar-refractivity contribution in [1.29, 1.82) is 0 Å². The van der Waals surface area contributed by atoms with Crippen LogP contribution in [0, 0.1) is 0 Å². The zero-order valence-electron chi connectivity index (χ0n) is 13.8. The molecule has 0 unspecified atom stereocenters. The van der Waals surface area contributed by atoms with Gasteiger partial charge in [-0.15, -0.1) is 0 Å². The van der Waals surface area contributed by atoms with Gasteiger partial charge >= 0.3 is 0 Å².